The number of aromatic carboxylic acids is 1. The maximum atomic E-state index is 11.1. The van der Waals surface area contributed by atoms with Crippen molar-refractivity contribution < 1.29 is 9.90 Å². The minimum atomic E-state index is -0.999. The standard InChI is InChI=1S/C13H16ClNO2/c1-3-4-5-9-15(2)11-8-6-7-10(14)12(11)13(16)17/h3,6-8H,1,4-5,9H2,2H3,(H,16,17). The zero-order chi connectivity index (χ0) is 12.8. The third-order valence-corrected chi connectivity index (χ3v) is 2.83. The first kappa shape index (κ1) is 13.6. The SMILES string of the molecule is C=CCCCN(C)c1cccc(Cl)c1C(=O)O. The van der Waals surface area contributed by atoms with Gasteiger partial charge in [-0.2, -0.15) is 0 Å². The maximum absolute atomic E-state index is 11.1. The van der Waals surface area contributed by atoms with E-state index in [4.69, 9.17) is 16.7 Å². The van der Waals surface area contributed by atoms with Crippen LogP contribution in [0.15, 0.2) is 30.9 Å². The van der Waals surface area contributed by atoms with Crippen molar-refractivity contribution in [3.8, 4) is 0 Å². The van der Waals surface area contributed by atoms with E-state index >= 15 is 0 Å². The summed E-state index contributed by atoms with van der Waals surface area (Å²) in [4.78, 5) is 13.1. The molecule has 0 heterocycles. The van der Waals surface area contributed by atoms with Crippen molar-refractivity contribution in [1.82, 2.24) is 0 Å². The molecule has 17 heavy (non-hydrogen) atoms. The Kier molecular flexibility index (Phi) is 5.04. The van der Waals surface area contributed by atoms with Crippen LogP contribution in [0.5, 0.6) is 0 Å². The van der Waals surface area contributed by atoms with Crippen LogP contribution in [0.1, 0.15) is 23.2 Å². The number of halogens is 1. The summed E-state index contributed by atoms with van der Waals surface area (Å²) in [7, 11) is 1.86. The van der Waals surface area contributed by atoms with Crippen molar-refractivity contribution in [2.45, 2.75) is 12.8 Å². The van der Waals surface area contributed by atoms with Crippen molar-refractivity contribution in [2.24, 2.45) is 0 Å². The van der Waals surface area contributed by atoms with Gasteiger partial charge in [-0.3, -0.25) is 0 Å². The van der Waals surface area contributed by atoms with Crippen LogP contribution in [0.3, 0.4) is 0 Å². The van der Waals surface area contributed by atoms with E-state index in [-0.39, 0.29) is 10.6 Å². The van der Waals surface area contributed by atoms with Gasteiger partial charge in [-0.05, 0) is 25.0 Å². The third kappa shape index (κ3) is 3.49. The van der Waals surface area contributed by atoms with Gasteiger partial charge in [0, 0.05) is 13.6 Å². The zero-order valence-electron chi connectivity index (χ0n) is 9.82. The van der Waals surface area contributed by atoms with Gasteiger partial charge in [0.1, 0.15) is 5.56 Å². The molecule has 0 aromatic heterocycles. The van der Waals surface area contributed by atoms with Crippen molar-refractivity contribution in [2.75, 3.05) is 18.5 Å². The monoisotopic (exact) mass is 253 g/mol. The molecule has 1 N–H and O–H groups in total. The highest BCUT2D eigenvalue weighted by atomic mass is 35.5. The summed E-state index contributed by atoms with van der Waals surface area (Å²) in [5, 5.41) is 9.41. The summed E-state index contributed by atoms with van der Waals surface area (Å²) >= 11 is 5.91. The normalized spacial score (nSPS) is 10.0. The van der Waals surface area contributed by atoms with Crippen molar-refractivity contribution in [1.29, 1.82) is 0 Å². The van der Waals surface area contributed by atoms with E-state index in [2.05, 4.69) is 6.58 Å². The van der Waals surface area contributed by atoms with E-state index in [0.717, 1.165) is 19.4 Å². The molecule has 0 spiro atoms. The van der Waals surface area contributed by atoms with Gasteiger partial charge in [0.2, 0.25) is 0 Å². The number of allylic oxidation sites excluding steroid dienone is 1. The smallest absolute Gasteiger partial charge is 0.339 e. The third-order valence-electron chi connectivity index (χ3n) is 2.52. The fourth-order valence-corrected chi connectivity index (χ4v) is 1.89. The Morgan fingerprint density at radius 1 is 1.59 bits per heavy atom. The molecule has 0 amide bonds. The number of hydrogen-bond donors (Lipinski definition) is 1. The van der Waals surface area contributed by atoms with Crippen LogP contribution in [-0.4, -0.2) is 24.7 Å². The van der Waals surface area contributed by atoms with Crippen LogP contribution in [-0.2, 0) is 0 Å². The second-order valence-corrected chi connectivity index (χ2v) is 4.20. The quantitative estimate of drug-likeness (QED) is 0.624. The molecule has 0 bridgehead atoms. The molecular weight excluding hydrogens is 238 g/mol. The lowest BCUT2D eigenvalue weighted by Crippen LogP contribution is -2.21. The molecule has 0 saturated heterocycles. The van der Waals surface area contributed by atoms with Crippen LogP contribution in [0.25, 0.3) is 0 Å². The summed E-state index contributed by atoms with van der Waals surface area (Å²) in [6, 6.07) is 5.11. The van der Waals surface area contributed by atoms with E-state index in [1.807, 2.05) is 18.0 Å². The molecule has 0 aliphatic carbocycles. The average molecular weight is 254 g/mol. The summed E-state index contributed by atoms with van der Waals surface area (Å²) in [5.41, 5.74) is 0.810. The van der Waals surface area contributed by atoms with E-state index in [0.29, 0.717) is 5.69 Å². The van der Waals surface area contributed by atoms with Crippen LogP contribution < -0.4 is 4.90 Å². The molecule has 0 fully saturated rings. The van der Waals surface area contributed by atoms with Crippen LogP contribution >= 0.6 is 11.6 Å². The fourth-order valence-electron chi connectivity index (χ4n) is 1.64. The maximum Gasteiger partial charge on any atom is 0.339 e. The highest BCUT2D eigenvalue weighted by Crippen LogP contribution is 2.27. The Labute approximate surface area is 106 Å². The highest BCUT2D eigenvalue weighted by Gasteiger charge is 2.16. The van der Waals surface area contributed by atoms with E-state index in [1.54, 1.807) is 18.2 Å². The van der Waals surface area contributed by atoms with Crippen molar-refractivity contribution in [3.63, 3.8) is 0 Å². The molecule has 3 nitrogen and oxygen atoms in total. The Hall–Kier alpha value is -1.48. The lowest BCUT2D eigenvalue weighted by Gasteiger charge is -2.21. The number of anilines is 1. The molecule has 0 atom stereocenters. The summed E-state index contributed by atoms with van der Waals surface area (Å²) in [6.45, 7) is 4.43. The number of nitrogens with zero attached hydrogens (tertiary/aromatic N) is 1. The Balaban J connectivity index is 2.92. The van der Waals surface area contributed by atoms with Gasteiger partial charge in [0.25, 0.3) is 0 Å². The fraction of sp³-hybridized carbons (Fsp3) is 0.308. The topological polar surface area (TPSA) is 40.5 Å². The molecule has 1 rings (SSSR count). The van der Waals surface area contributed by atoms with Gasteiger partial charge >= 0.3 is 5.97 Å². The minimum Gasteiger partial charge on any atom is -0.478 e. The van der Waals surface area contributed by atoms with E-state index < -0.39 is 5.97 Å². The molecule has 1 aromatic rings. The van der Waals surface area contributed by atoms with Crippen molar-refractivity contribution in [3.05, 3.63) is 41.4 Å². The molecule has 0 unspecified atom stereocenters. The van der Waals surface area contributed by atoms with Crippen LogP contribution in [0.2, 0.25) is 5.02 Å². The first-order valence-electron chi connectivity index (χ1n) is 5.41. The lowest BCUT2D eigenvalue weighted by atomic mass is 10.1. The molecule has 0 aliphatic rings. The predicted octanol–water partition coefficient (Wildman–Crippen LogP) is 3.44. The van der Waals surface area contributed by atoms with Crippen LogP contribution in [0.4, 0.5) is 5.69 Å². The minimum absolute atomic E-state index is 0.162. The molecule has 1 aromatic carbocycles. The molecule has 0 aliphatic heterocycles. The molecule has 92 valence electrons. The number of benzene rings is 1. The van der Waals surface area contributed by atoms with Gasteiger partial charge in [-0.15, -0.1) is 6.58 Å². The Bertz CT molecular complexity index is 418. The van der Waals surface area contributed by atoms with Gasteiger partial charge < -0.3 is 10.0 Å². The molecule has 0 radical (unpaired) electrons. The van der Waals surface area contributed by atoms with E-state index in [9.17, 15) is 4.79 Å². The first-order valence-corrected chi connectivity index (χ1v) is 5.79. The Morgan fingerprint density at radius 3 is 2.88 bits per heavy atom. The second-order valence-electron chi connectivity index (χ2n) is 3.79. The Morgan fingerprint density at radius 2 is 2.29 bits per heavy atom. The number of carboxylic acids is 1. The van der Waals surface area contributed by atoms with Crippen LogP contribution in [0, 0.1) is 0 Å². The zero-order valence-corrected chi connectivity index (χ0v) is 10.6. The summed E-state index contributed by atoms with van der Waals surface area (Å²) in [6.07, 6.45) is 3.70. The average Bonchev–Trinajstić information content (AvgIpc) is 2.28. The predicted molar refractivity (Wildman–Crippen MR) is 71.1 cm³/mol. The van der Waals surface area contributed by atoms with Gasteiger partial charge in [-0.25, -0.2) is 4.79 Å². The lowest BCUT2D eigenvalue weighted by molar-refractivity contribution is 0.0698. The second kappa shape index (κ2) is 6.30. The van der Waals surface area contributed by atoms with E-state index in [1.165, 1.54) is 0 Å². The largest absolute Gasteiger partial charge is 0.478 e. The number of carbonyl (C=O) groups is 1. The van der Waals surface area contributed by atoms with Gasteiger partial charge in [-0.1, -0.05) is 23.7 Å². The summed E-state index contributed by atoms with van der Waals surface area (Å²) in [5.74, 6) is -0.999. The number of hydrogen-bond acceptors (Lipinski definition) is 2. The van der Waals surface area contributed by atoms with Gasteiger partial charge in [0.05, 0.1) is 10.7 Å². The number of unbranched alkanes of at least 4 members (excludes halogenated alkanes) is 1. The molecular formula is C13H16ClNO2. The molecule has 0 saturated carbocycles. The highest BCUT2D eigenvalue weighted by molar-refractivity contribution is 6.34. The summed E-state index contributed by atoms with van der Waals surface area (Å²) < 4.78 is 0. The number of carboxylic acid groups (broad SMARTS) is 1. The number of rotatable bonds is 6. The molecule has 4 heteroatoms. The van der Waals surface area contributed by atoms with Gasteiger partial charge in [0.15, 0.2) is 0 Å². The van der Waals surface area contributed by atoms with Crippen molar-refractivity contribution >= 4 is 23.3 Å². The first-order chi connectivity index (χ1) is 8.07.